The maximum absolute atomic E-state index is 5.33. The molecule has 2 aromatic rings. The van der Waals surface area contributed by atoms with Crippen LogP contribution in [0.2, 0.25) is 0 Å². The van der Waals surface area contributed by atoms with Gasteiger partial charge in [0.25, 0.3) is 0 Å². The summed E-state index contributed by atoms with van der Waals surface area (Å²) in [6.45, 7) is 4.02. The minimum absolute atomic E-state index is 0.440. The summed E-state index contributed by atoms with van der Waals surface area (Å²) in [5.74, 6) is 0.643. The molecule has 0 aliphatic carbocycles. The van der Waals surface area contributed by atoms with E-state index in [1.807, 2.05) is 38.1 Å². The fraction of sp³-hybridized carbons (Fsp3) is 0.273. The molecule has 1 N–H and O–H groups in total. The molecule has 4 heteroatoms. The molecule has 0 radical (unpaired) electrons. The van der Waals surface area contributed by atoms with Crippen molar-refractivity contribution >= 4 is 11.7 Å². The summed E-state index contributed by atoms with van der Waals surface area (Å²) in [5.41, 5.74) is 2.17. The van der Waals surface area contributed by atoms with E-state index >= 15 is 0 Å². The van der Waals surface area contributed by atoms with Crippen molar-refractivity contribution in [3.63, 3.8) is 0 Å². The second-order valence-corrected chi connectivity index (χ2v) is 3.35. The molecule has 0 saturated heterocycles. The van der Waals surface area contributed by atoms with Gasteiger partial charge in [-0.05, 0) is 19.1 Å². The van der Waals surface area contributed by atoms with Gasteiger partial charge in [-0.1, -0.05) is 29.7 Å². The zero-order valence-electron chi connectivity index (χ0n) is 8.82. The van der Waals surface area contributed by atoms with Gasteiger partial charge in [-0.15, -0.1) is 5.10 Å². The lowest BCUT2D eigenvalue weighted by molar-refractivity contribution is 0.515. The fourth-order valence-electron chi connectivity index (χ4n) is 1.21. The number of nitrogens with zero attached hydrogens (tertiary/aromatic N) is 2. The number of nitrogens with one attached hydrogen (secondary N) is 1. The summed E-state index contributed by atoms with van der Waals surface area (Å²) >= 11 is 0. The molecule has 2 rings (SSSR count). The molecule has 1 aromatic carbocycles. The van der Waals surface area contributed by atoms with Gasteiger partial charge in [0, 0.05) is 12.1 Å². The molecule has 0 aliphatic heterocycles. The average Bonchev–Trinajstić information content (AvgIpc) is 2.69. The monoisotopic (exact) mass is 203 g/mol. The molecule has 78 valence electrons. The lowest BCUT2D eigenvalue weighted by Crippen LogP contribution is -1.89. The van der Waals surface area contributed by atoms with Crippen molar-refractivity contribution in [3.8, 4) is 0 Å². The van der Waals surface area contributed by atoms with Crippen LogP contribution in [-0.4, -0.2) is 10.2 Å². The zero-order chi connectivity index (χ0) is 10.7. The van der Waals surface area contributed by atoms with Gasteiger partial charge in [-0.25, -0.2) is 0 Å². The Kier molecular flexibility index (Phi) is 2.67. The van der Waals surface area contributed by atoms with E-state index in [2.05, 4.69) is 15.5 Å². The van der Waals surface area contributed by atoms with Crippen LogP contribution < -0.4 is 5.32 Å². The average molecular weight is 203 g/mol. The highest BCUT2D eigenvalue weighted by molar-refractivity contribution is 5.52. The van der Waals surface area contributed by atoms with Crippen molar-refractivity contribution in [2.24, 2.45) is 0 Å². The van der Waals surface area contributed by atoms with Gasteiger partial charge < -0.3 is 9.73 Å². The first-order valence-corrected chi connectivity index (χ1v) is 4.94. The highest BCUT2D eigenvalue weighted by Crippen LogP contribution is 2.15. The van der Waals surface area contributed by atoms with Crippen LogP contribution in [0.4, 0.5) is 11.7 Å². The number of aromatic nitrogens is 2. The largest absolute Gasteiger partial charge is 0.408 e. The molecular weight excluding hydrogens is 190 g/mol. The smallest absolute Gasteiger partial charge is 0.320 e. The summed E-state index contributed by atoms with van der Waals surface area (Å²) in [7, 11) is 0. The maximum atomic E-state index is 5.33. The number of hydrogen-bond donors (Lipinski definition) is 1. The first-order valence-electron chi connectivity index (χ1n) is 4.94. The SMILES string of the molecule is CCc1nnc(Nc2ccc(C)cc2)o1. The van der Waals surface area contributed by atoms with Crippen LogP contribution in [0.5, 0.6) is 0 Å². The lowest BCUT2D eigenvalue weighted by Gasteiger charge is -2.00. The molecule has 15 heavy (non-hydrogen) atoms. The van der Waals surface area contributed by atoms with Gasteiger partial charge in [0.05, 0.1) is 0 Å². The van der Waals surface area contributed by atoms with E-state index in [-0.39, 0.29) is 0 Å². The van der Waals surface area contributed by atoms with Gasteiger partial charge in [0.2, 0.25) is 5.89 Å². The number of aryl methyl sites for hydroxylation is 2. The normalized spacial score (nSPS) is 10.3. The highest BCUT2D eigenvalue weighted by Gasteiger charge is 2.03. The van der Waals surface area contributed by atoms with Gasteiger partial charge in [-0.2, -0.15) is 0 Å². The molecule has 0 atom stereocenters. The van der Waals surface area contributed by atoms with Crippen molar-refractivity contribution in [1.82, 2.24) is 10.2 Å². The Morgan fingerprint density at radius 2 is 1.93 bits per heavy atom. The van der Waals surface area contributed by atoms with Gasteiger partial charge in [0.1, 0.15) is 0 Å². The van der Waals surface area contributed by atoms with Crippen molar-refractivity contribution in [3.05, 3.63) is 35.7 Å². The molecular formula is C11H13N3O. The Balaban J connectivity index is 2.11. The van der Waals surface area contributed by atoms with Crippen LogP contribution in [-0.2, 0) is 6.42 Å². The number of rotatable bonds is 3. The Morgan fingerprint density at radius 1 is 1.20 bits per heavy atom. The molecule has 0 saturated carbocycles. The van der Waals surface area contributed by atoms with Crippen molar-refractivity contribution in [2.75, 3.05) is 5.32 Å². The minimum atomic E-state index is 0.440. The van der Waals surface area contributed by atoms with Gasteiger partial charge >= 0.3 is 6.01 Å². The molecule has 0 bridgehead atoms. The summed E-state index contributed by atoms with van der Waals surface area (Å²) in [6, 6.07) is 8.45. The summed E-state index contributed by atoms with van der Waals surface area (Å²) in [4.78, 5) is 0. The van der Waals surface area contributed by atoms with Crippen LogP contribution >= 0.6 is 0 Å². The van der Waals surface area contributed by atoms with Gasteiger partial charge in [0.15, 0.2) is 0 Å². The summed E-state index contributed by atoms with van der Waals surface area (Å²) in [5, 5.41) is 10.8. The second kappa shape index (κ2) is 4.13. The molecule has 1 aromatic heterocycles. The molecule has 0 spiro atoms. The summed E-state index contributed by atoms with van der Waals surface area (Å²) in [6.07, 6.45) is 0.753. The standard InChI is InChI=1S/C11H13N3O/c1-3-10-13-14-11(15-10)12-9-6-4-8(2)5-7-9/h4-7H,3H2,1-2H3,(H,12,14). The molecule has 0 fully saturated rings. The quantitative estimate of drug-likeness (QED) is 0.833. The van der Waals surface area contributed by atoms with Crippen molar-refractivity contribution in [2.45, 2.75) is 20.3 Å². The van der Waals surface area contributed by atoms with E-state index in [1.54, 1.807) is 0 Å². The Hall–Kier alpha value is -1.84. The second-order valence-electron chi connectivity index (χ2n) is 3.35. The van der Waals surface area contributed by atoms with Crippen molar-refractivity contribution in [1.29, 1.82) is 0 Å². The molecule has 0 aliphatic rings. The Bertz CT molecular complexity index is 433. The molecule has 0 unspecified atom stereocenters. The first-order chi connectivity index (χ1) is 7.28. The first kappa shape index (κ1) is 9.71. The lowest BCUT2D eigenvalue weighted by atomic mass is 10.2. The predicted molar refractivity (Wildman–Crippen MR) is 58.1 cm³/mol. The van der Waals surface area contributed by atoms with E-state index < -0.39 is 0 Å². The number of benzene rings is 1. The van der Waals surface area contributed by atoms with Crippen molar-refractivity contribution < 1.29 is 4.42 Å². The maximum Gasteiger partial charge on any atom is 0.320 e. The zero-order valence-corrected chi connectivity index (χ0v) is 8.82. The summed E-state index contributed by atoms with van der Waals surface area (Å²) < 4.78 is 5.33. The predicted octanol–water partition coefficient (Wildman–Crippen LogP) is 2.68. The van der Waals surface area contributed by atoms with Crippen LogP contribution in [0.25, 0.3) is 0 Å². The van der Waals surface area contributed by atoms with Crippen LogP contribution in [0.3, 0.4) is 0 Å². The van der Waals surface area contributed by atoms with E-state index in [0.717, 1.165) is 12.1 Å². The highest BCUT2D eigenvalue weighted by atomic mass is 16.4. The van der Waals surface area contributed by atoms with Crippen LogP contribution in [0.1, 0.15) is 18.4 Å². The van der Waals surface area contributed by atoms with Crippen LogP contribution in [0.15, 0.2) is 28.7 Å². The van der Waals surface area contributed by atoms with E-state index in [4.69, 9.17) is 4.42 Å². The Labute approximate surface area is 88.3 Å². The molecule has 1 heterocycles. The van der Waals surface area contributed by atoms with Gasteiger partial charge in [-0.3, -0.25) is 0 Å². The van der Waals surface area contributed by atoms with E-state index in [0.29, 0.717) is 11.9 Å². The third-order valence-electron chi connectivity index (χ3n) is 2.07. The Morgan fingerprint density at radius 3 is 2.53 bits per heavy atom. The minimum Gasteiger partial charge on any atom is -0.408 e. The topological polar surface area (TPSA) is 51.0 Å². The number of hydrogen-bond acceptors (Lipinski definition) is 4. The molecule has 0 amide bonds. The van der Waals surface area contributed by atoms with E-state index in [9.17, 15) is 0 Å². The van der Waals surface area contributed by atoms with E-state index in [1.165, 1.54) is 5.56 Å². The fourth-order valence-corrected chi connectivity index (χ4v) is 1.21. The third kappa shape index (κ3) is 2.34. The number of anilines is 2. The van der Waals surface area contributed by atoms with Crippen LogP contribution in [0, 0.1) is 6.92 Å². The molecule has 4 nitrogen and oxygen atoms in total. The third-order valence-corrected chi connectivity index (χ3v) is 2.07.